The molecule has 0 saturated carbocycles. The Morgan fingerprint density at radius 1 is 1.59 bits per heavy atom. The Bertz CT molecular complexity index is 402. The van der Waals surface area contributed by atoms with Crippen molar-refractivity contribution in [3.05, 3.63) is 0 Å². The van der Waals surface area contributed by atoms with Crippen molar-refractivity contribution in [2.75, 3.05) is 12.3 Å². The Balaban J connectivity index is 2.18. The lowest BCUT2D eigenvalue weighted by Gasteiger charge is -2.52. The van der Waals surface area contributed by atoms with Gasteiger partial charge in [0.1, 0.15) is 16.8 Å². The van der Waals surface area contributed by atoms with E-state index < -0.39 is 23.3 Å². The summed E-state index contributed by atoms with van der Waals surface area (Å²) in [5, 5.41) is 9.06. The fraction of sp³-hybridized carbons (Fsp3) is 0.667. The lowest BCUT2D eigenvalue weighted by molar-refractivity contribution is -0.158. The molecule has 2 unspecified atom stereocenters. The van der Waals surface area contributed by atoms with Crippen molar-refractivity contribution in [1.29, 1.82) is 0 Å². The van der Waals surface area contributed by atoms with Crippen molar-refractivity contribution in [2.45, 2.75) is 17.8 Å². The van der Waals surface area contributed by atoms with Gasteiger partial charge in [0.25, 0.3) is 0 Å². The second kappa shape index (κ2) is 3.88. The van der Waals surface area contributed by atoms with Gasteiger partial charge in [0.2, 0.25) is 11.8 Å². The normalized spacial score (nSPS) is 36.1. The van der Waals surface area contributed by atoms with Gasteiger partial charge in [-0.2, -0.15) is 0 Å². The molecular weight excluding hydrogens is 246 g/mol. The van der Waals surface area contributed by atoms with E-state index in [-0.39, 0.29) is 30.0 Å². The molecule has 0 aliphatic carbocycles. The number of primary amides is 1. The van der Waals surface area contributed by atoms with Gasteiger partial charge in [-0.05, 0) is 0 Å². The number of rotatable bonds is 3. The van der Waals surface area contributed by atoms with Crippen LogP contribution in [0.3, 0.4) is 0 Å². The molecule has 7 nitrogen and oxygen atoms in total. The molecule has 2 saturated heterocycles. The largest absolute Gasteiger partial charge is 0.481 e. The summed E-state index contributed by atoms with van der Waals surface area (Å²) in [6.45, 7) is 0.00940. The van der Waals surface area contributed by atoms with Crippen LogP contribution in [-0.4, -0.2) is 51.5 Å². The van der Waals surface area contributed by atoms with Gasteiger partial charge in [-0.15, -0.1) is 11.8 Å². The van der Waals surface area contributed by atoms with E-state index in [1.165, 1.54) is 16.7 Å². The topological polar surface area (TPSA) is 127 Å². The summed E-state index contributed by atoms with van der Waals surface area (Å²) in [6.07, 6.45) is -0.263. The smallest absolute Gasteiger partial charge is 0.312 e. The lowest BCUT2D eigenvalue weighted by Crippen LogP contribution is -2.72. The number of fused-ring (bicyclic) bond motifs is 1. The molecule has 0 aromatic rings. The van der Waals surface area contributed by atoms with E-state index in [0.29, 0.717) is 0 Å². The predicted molar refractivity (Wildman–Crippen MR) is 59.8 cm³/mol. The third-order valence-corrected chi connectivity index (χ3v) is 4.76. The Kier molecular flexibility index (Phi) is 2.78. The monoisotopic (exact) mass is 259 g/mol. The van der Waals surface area contributed by atoms with E-state index in [0.717, 1.165) is 0 Å². The molecule has 94 valence electrons. The number of thioether (sulfide) groups is 1. The molecule has 2 fully saturated rings. The minimum Gasteiger partial charge on any atom is -0.481 e. The Morgan fingerprint density at radius 2 is 2.24 bits per heavy atom. The third-order valence-electron chi connectivity index (χ3n) is 3.15. The summed E-state index contributed by atoms with van der Waals surface area (Å²) in [6, 6.07) is -0.555. The van der Waals surface area contributed by atoms with Crippen LogP contribution in [0, 0.1) is 5.41 Å². The Hall–Kier alpha value is -1.28. The van der Waals surface area contributed by atoms with Crippen LogP contribution >= 0.6 is 11.8 Å². The van der Waals surface area contributed by atoms with Crippen molar-refractivity contribution in [1.82, 2.24) is 4.90 Å². The molecule has 2 heterocycles. The molecule has 5 N–H and O–H groups in total. The Morgan fingerprint density at radius 3 is 2.76 bits per heavy atom. The number of aliphatic carboxylic acids is 1. The minimum absolute atomic E-state index is 0.00940. The molecule has 0 aromatic carbocycles. The number of hydrogen-bond acceptors (Lipinski definition) is 5. The van der Waals surface area contributed by atoms with E-state index in [1.54, 1.807) is 0 Å². The minimum atomic E-state index is -1.28. The quantitative estimate of drug-likeness (QED) is 0.512. The van der Waals surface area contributed by atoms with E-state index in [1.807, 2.05) is 0 Å². The highest BCUT2D eigenvalue weighted by atomic mass is 32.2. The van der Waals surface area contributed by atoms with Crippen LogP contribution < -0.4 is 11.5 Å². The number of β-lactam (4-membered cyclic amide) rings is 1. The lowest BCUT2D eigenvalue weighted by atomic mass is 9.83. The van der Waals surface area contributed by atoms with Crippen molar-refractivity contribution in [3.8, 4) is 0 Å². The number of nitrogens with zero attached hydrogens (tertiary/aromatic N) is 1. The summed E-state index contributed by atoms with van der Waals surface area (Å²) in [7, 11) is 0. The summed E-state index contributed by atoms with van der Waals surface area (Å²) in [5.41, 5.74) is 9.38. The zero-order chi connectivity index (χ0) is 12.8. The molecule has 2 rings (SSSR count). The summed E-state index contributed by atoms with van der Waals surface area (Å²) in [5.74, 6) is -1.80. The van der Waals surface area contributed by atoms with Crippen LogP contribution in [0.25, 0.3) is 0 Å². The first-order valence-electron chi connectivity index (χ1n) is 5.07. The number of hydrogen-bond donors (Lipinski definition) is 3. The van der Waals surface area contributed by atoms with Gasteiger partial charge in [-0.3, -0.25) is 14.4 Å². The maximum absolute atomic E-state index is 11.5. The number of nitrogens with two attached hydrogens (primary N) is 2. The highest BCUT2D eigenvalue weighted by Gasteiger charge is 2.56. The van der Waals surface area contributed by atoms with E-state index in [4.69, 9.17) is 11.5 Å². The first-order chi connectivity index (χ1) is 7.87. The van der Waals surface area contributed by atoms with Gasteiger partial charge in [-0.1, -0.05) is 0 Å². The molecule has 0 aromatic heterocycles. The number of carbonyl (C=O) groups excluding carboxylic acids is 2. The molecule has 2 aliphatic rings. The zero-order valence-electron chi connectivity index (χ0n) is 8.96. The number of carboxylic acids is 1. The van der Waals surface area contributed by atoms with Crippen molar-refractivity contribution >= 4 is 29.5 Å². The van der Waals surface area contributed by atoms with Gasteiger partial charge in [0.05, 0.1) is 0 Å². The van der Waals surface area contributed by atoms with Crippen LogP contribution in [0.1, 0.15) is 6.42 Å². The van der Waals surface area contributed by atoms with Gasteiger partial charge < -0.3 is 21.5 Å². The highest BCUT2D eigenvalue weighted by Crippen LogP contribution is 2.42. The van der Waals surface area contributed by atoms with Crippen molar-refractivity contribution in [3.63, 3.8) is 0 Å². The standard InChI is InChI=1S/C9H13N3O4S/c10-4(13)1-9(8(15)16)2-12-6(14)5(11)7(12)17-3-9/h5,7H,1-3,11H2,(H2,10,13)(H,15,16)/t5?,7-,9?/m1/s1. The molecule has 0 radical (unpaired) electrons. The van der Waals surface area contributed by atoms with Crippen LogP contribution in [0.2, 0.25) is 0 Å². The van der Waals surface area contributed by atoms with E-state index in [9.17, 15) is 19.5 Å². The molecule has 17 heavy (non-hydrogen) atoms. The molecule has 0 bridgehead atoms. The third kappa shape index (κ3) is 1.77. The van der Waals surface area contributed by atoms with Crippen LogP contribution in [0.15, 0.2) is 0 Å². The van der Waals surface area contributed by atoms with Gasteiger partial charge in [0, 0.05) is 18.7 Å². The molecule has 0 spiro atoms. The summed E-state index contributed by atoms with van der Waals surface area (Å²) in [4.78, 5) is 35.1. The SMILES string of the molecule is NC(=O)CC1(C(=O)O)CS[C@@H]2C(N)C(=O)N2C1. The first-order valence-corrected chi connectivity index (χ1v) is 6.12. The zero-order valence-corrected chi connectivity index (χ0v) is 9.77. The van der Waals surface area contributed by atoms with Crippen molar-refractivity contribution < 1.29 is 19.5 Å². The predicted octanol–water partition coefficient (Wildman–Crippen LogP) is -1.82. The van der Waals surface area contributed by atoms with Gasteiger partial charge in [-0.25, -0.2) is 0 Å². The fourth-order valence-corrected chi connectivity index (χ4v) is 3.66. The first kappa shape index (κ1) is 12.2. The number of carbonyl (C=O) groups is 3. The highest BCUT2D eigenvalue weighted by molar-refractivity contribution is 8.00. The Labute approximate surface area is 101 Å². The van der Waals surface area contributed by atoms with Crippen LogP contribution in [0.4, 0.5) is 0 Å². The van der Waals surface area contributed by atoms with Crippen LogP contribution in [0.5, 0.6) is 0 Å². The van der Waals surface area contributed by atoms with Crippen molar-refractivity contribution in [2.24, 2.45) is 16.9 Å². The molecular formula is C9H13N3O4S. The molecule has 8 heteroatoms. The molecule has 3 atom stereocenters. The second-order valence-electron chi connectivity index (χ2n) is 4.42. The van der Waals surface area contributed by atoms with E-state index >= 15 is 0 Å². The number of amides is 2. The maximum atomic E-state index is 11.5. The second-order valence-corrected chi connectivity index (χ2v) is 5.53. The fourth-order valence-electron chi connectivity index (χ4n) is 2.17. The van der Waals surface area contributed by atoms with Gasteiger partial charge in [0.15, 0.2) is 0 Å². The summed E-state index contributed by atoms with van der Waals surface area (Å²) < 4.78 is 0. The number of carboxylic acid groups (broad SMARTS) is 1. The molecule has 2 aliphatic heterocycles. The van der Waals surface area contributed by atoms with Crippen LogP contribution in [-0.2, 0) is 14.4 Å². The average Bonchev–Trinajstić information content (AvgIpc) is 2.26. The maximum Gasteiger partial charge on any atom is 0.312 e. The van der Waals surface area contributed by atoms with Gasteiger partial charge >= 0.3 is 5.97 Å². The van der Waals surface area contributed by atoms with E-state index in [2.05, 4.69) is 0 Å². The summed E-state index contributed by atoms with van der Waals surface area (Å²) >= 11 is 1.29. The molecule has 2 amide bonds. The average molecular weight is 259 g/mol.